The van der Waals surface area contributed by atoms with Gasteiger partial charge in [-0.3, -0.25) is 9.59 Å². The van der Waals surface area contributed by atoms with Gasteiger partial charge in [0.15, 0.2) is 0 Å². The van der Waals surface area contributed by atoms with E-state index in [1.165, 1.54) is 0 Å². The number of hydrogen-bond donors (Lipinski definition) is 1. The number of carbonyl (C=O) groups excluding carboxylic acids is 1. The molecule has 2 heterocycles. The van der Waals surface area contributed by atoms with Crippen molar-refractivity contribution in [1.82, 2.24) is 14.8 Å². The number of pyridine rings is 1. The molecule has 0 unspecified atom stereocenters. The first-order valence-corrected chi connectivity index (χ1v) is 7.38. The number of H-pyrrole nitrogens is 1. The third kappa shape index (κ3) is 2.50. The molecule has 0 aromatic carbocycles. The number of aromatic amines is 1. The van der Waals surface area contributed by atoms with Crippen molar-refractivity contribution >= 4 is 5.91 Å². The summed E-state index contributed by atoms with van der Waals surface area (Å²) in [5.41, 5.74) is 2.26. The molecule has 5 nitrogen and oxygen atoms in total. The third-order valence-corrected chi connectivity index (χ3v) is 4.36. The maximum absolute atomic E-state index is 12.5. The average molecular weight is 275 g/mol. The molecule has 1 aliphatic carbocycles. The van der Waals surface area contributed by atoms with Crippen LogP contribution in [0.3, 0.4) is 0 Å². The molecule has 1 N–H and O–H groups in total. The Hall–Kier alpha value is -1.62. The van der Waals surface area contributed by atoms with Crippen LogP contribution in [-0.2, 0) is 12.8 Å². The number of likely N-dealkylation sites (N-methyl/N-ethyl adjacent to an activating group) is 1. The molecule has 5 heteroatoms. The van der Waals surface area contributed by atoms with Crippen LogP contribution in [0.1, 0.15) is 34.5 Å². The summed E-state index contributed by atoms with van der Waals surface area (Å²) in [5.74, 6) is -0.118. The summed E-state index contributed by atoms with van der Waals surface area (Å²) >= 11 is 0. The molecule has 108 valence electrons. The molecule has 0 atom stereocenters. The molecule has 2 aliphatic rings. The minimum Gasteiger partial charge on any atom is -0.336 e. The zero-order chi connectivity index (χ0) is 14.1. The normalized spacial score (nSPS) is 19.8. The van der Waals surface area contributed by atoms with Gasteiger partial charge in [0.25, 0.3) is 11.5 Å². The number of nitrogens with one attached hydrogen (secondary N) is 1. The molecule has 20 heavy (non-hydrogen) atoms. The van der Waals surface area contributed by atoms with E-state index < -0.39 is 0 Å². The SMILES string of the molecule is CN1CCN(C(=O)c2cc3c([nH]c2=O)CCCC3)CC1. The molecule has 0 radical (unpaired) electrons. The summed E-state index contributed by atoms with van der Waals surface area (Å²) in [6.07, 6.45) is 4.15. The molecule has 1 fully saturated rings. The van der Waals surface area contributed by atoms with Gasteiger partial charge in [-0.1, -0.05) is 0 Å². The summed E-state index contributed by atoms with van der Waals surface area (Å²) in [7, 11) is 2.05. The zero-order valence-corrected chi connectivity index (χ0v) is 11.9. The second kappa shape index (κ2) is 5.40. The quantitative estimate of drug-likeness (QED) is 0.818. The molecule has 3 rings (SSSR count). The molecule has 0 saturated carbocycles. The largest absolute Gasteiger partial charge is 0.336 e. The van der Waals surface area contributed by atoms with Crippen molar-refractivity contribution in [1.29, 1.82) is 0 Å². The van der Waals surface area contributed by atoms with Crippen molar-refractivity contribution in [2.45, 2.75) is 25.7 Å². The highest BCUT2D eigenvalue weighted by Gasteiger charge is 2.24. The average Bonchev–Trinajstić information content (AvgIpc) is 2.46. The fourth-order valence-corrected chi connectivity index (χ4v) is 3.01. The smallest absolute Gasteiger partial charge is 0.261 e. The van der Waals surface area contributed by atoms with Gasteiger partial charge >= 0.3 is 0 Å². The first kappa shape index (κ1) is 13.4. The predicted molar refractivity (Wildman–Crippen MR) is 77.1 cm³/mol. The van der Waals surface area contributed by atoms with Crippen LogP contribution < -0.4 is 5.56 Å². The Morgan fingerprint density at radius 2 is 1.85 bits per heavy atom. The molecule has 1 aliphatic heterocycles. The zero-order valence-electron chi connectivity index (χ0n) is 11.9. The van der Waals surface area contributed by atoms with Crippen molar-refractivity contribution in [3.63, 3.8) is 0 Å². The topological polar surface area (TPSA) is 56.4 Å². The van der Waals surface area contributed by atoms with Crippen LogP contribution in [0.2, 0.25) is 0 Å². The minimum atomic E-state index is -0.227. The lowest BCUT2D eigenvalue weighted by molar-refractivity contribution is 0.0662. The summed E-state index contributed by atoms with van der Waals surface area (Å²) in [6, 6.07) is 1.83. The highest BCUT2D eigenvalue weighted by Crippen LogP contribution is 2.19. The molecular formula is C15H21N3O2. The number of piperazine rings is 1. The lowest BCUT2D eigenvalue weighted by Crippen LogP contribution is -2.48. The van der Waals surface area contributed by atoms with Crippen LogP contribution in [0, 0.1) is 0 Å². The number of aromatic nitrogens is 1. The van der Waals surface area contributed by atoms with Crippen LogP contribution in [0.4, 0.5) is 0 Å². The van der Waals surface area contributed by atoms with E-state index >= 15 is 0 Å². The number of amides is 1. The van der Waals surface area contributed by atoms with E-state index in [1.54, 1.807) is 4.90 Å². The highest BCUT2D eigenvalue weighted by molar-refractivity contribution is 5.94. The Morgan fingerprint density at radius 3 is 2.60 bits per heavy atom. The maximum Gasteiger partial charge on any atom is 0.261 e. The second-order valence-corrected chi connectivity index (χ2v) is 5.82. The van der Waals surface area contributed by atoms with Gasteiger partial charge in [-0.15, -0.1) is 0 Å². The Labute approximate surface area is 118 Å². The number of carbonyl (C=O) groups is 1. The Kier molecular flexibility index (Phi) is 3.61. The Balaban J connectivity index is 1.86. The van der Waals surface area contributed by atoms with Crippen LogP contribution in [0.15, 0.2) is 10.9 Å². The fraction of sp³-hybridized carbons (Fsp3) is 0.600. The van der Waals surface area contributed by atoms with Crippen LogP contribution in [0.25, 0.3) is 0 Å². The minimum absolute atomic E-state index is 0.118. The molecule has 1 aromatic rings. The van der Waals surface area contributed by atoms with E-state index in [4.69, 9.17) is 0 Å². The predicted octanol–water partition coefficient (Wildman–Crippen LogP) is 0.641. The number of rotatable bonds is 1. The molecule has 1 saturated heterocycles. The standard InChI is InChI=1S/C15H21N3O2/c1-17-6-8-18(9-7-17)15(20)12-10-11-4-2-3-5-13(11)16-14(12)19/h10H,2-9H2,1H3,(H,16,19). The lowest BCUT2D eigenvalue weighted by atomic mass is 9.95. The first-order valence-electron chi connectivity index (χ1n) is 7.38. The van der Waals surface area contributed by atoms with Gasteiger partial charge in [-0.2, -0.15) is 0 Å². The van der Waals surface area contributed by atoms with E-state index in [9.17, 15) is 9.59 Å². The van der Waals surface area contributed by atoms with Crippen LogP contribution in [0.5, 0.6) is 0 Å². The first-order chi connectivity index (χ1) is 9.65. The highest BCUT2D eigenvalue weighted by atomic mass is 16.2. The van der Waals surface area contributed by atoms with Gasteiger partial charge in [-0.05, 0) is 44.4 Å². The number of nitrogens with zero attached hydrogens (tertiary/aromatic N) is 2. The molecule has 0 bridgehead atoms. The van der Waals surface area contributed by atoms with Gasteiger partial charge in [0.05, 0.1) is 0 Å². The summed E-state index contributed by atoms with van der Waals surface area (Å²) in [5, 5.41) is 0. The van der Waals surface area contributed by atoms with E-state index in [0.29, 0.717) is 18.7 Å². The number of aryl methyl sites for hydroxylation is 2. The maximum atomic E-state index is 12.5. The van der Waals surface area contributed by atoms with Crippen LogP contribution >= 0.6 is 0 Å². The summed E-state index contributed by atoms with van der Waals surface area (Å²) < 4.78 is 0. The summed E-state index contributed by atoms with van der Waals surface area (Å²) in [6.45, 7) is 3.14. The van der Waals surface area contributed by atoms with E-state index in [1.807, 2.05) is 13.1 Å². The van der Waals surface area contributed by atoms with Gasteiger partial charge in [0.1, 0.15) is 5.56 Å². The molecule has 1 amide bonds. The van der Waals surface area contributed by atoms with Gasteiger partial charge in [0.2, 0.25) is 0 Å². The van der Waals surface area contributed by atoms with Crippen molar-refractivity contribution in [3.05, 3.63) is 33.2 Å². The summed E-state index contributed by atoms with van der Waals surface area (Å²) in [4.78, 5) is 31.5. The van der Waals surface area contributed by atoms with Gasteiger partial charge in [0, 0.05) is 31.9 Å². The van der Waals surface area contributed by atoms with E-state index in [2.05, 4.69) is 9.88 Å². The number of hydrogen-bond acceptors (Lipinski definition) is 3. The van der Waals surface area contributed by atoms with Crippen LogP contribution in [-0.4, -0.2) is 53.9 Å². The molecule has 1 aromatic heterocycles. The molecule has 0 spiro atoms. The van der Waals surface area contributed by atoms with Gasteiger partial charge in [-0.25, -0.2) is 0 Å². The molecular weight excluding hydrogens is 254 g/mol. The monoisotopic (exact) mass is 275 g/mol. The van der Waals surface area contributed by atoms with Crippen molar-refractivity contribution in [2.24, 2.45) is 0 Å². The Bertz CT molecular complexity index is 571. The van der Waals surface area contributed by atoms with E-state index in [-0.39, 0.29) is 11.5 Å². The lowest BCUT2D eigenvalue weighted by Gasteiger charge is -2.32. The van der Waals surface area contributed by atoms with Gasteiger partial charge < -0.3 is 14.8 Å². The number of fused-ring (bicyclic) bond motifs is 1. The fourth-order valence-electron chi connectivity index (χ4n) is 3.01. The van der Waals surface area contributed by atoms with E-state index in [0.717, 1.165) is 50.0 Å². The van der Waals surface area contributed by atoms with Crippen molar-refractivity contribution in [3.8, 4) is 0 Å². The Morgan fingerprint density at radius 1 is 1.15 bits per heavy atom. The van der Waals surface area contributed by atoms with Crippen molar-refractivity contribution in [2.75, 3.05) is 33.2 Å². The van der Waals surface area contributed by atoms with Crippen molar-refractivity contribution < 1.29 is 4.79 Å². The second-order valence-electron chi connectivity index (χ2n) is 5.82. The third-order valence-electron chi connectivity index (χ3n) is 4.36.